The first kappa shape index (κ1) is 13.2. The van der Waals surface area contributed by atoms with Gasteiger partial charge in [-0.3, -0.25) is 0 Å². The van der Waals surface area contributed by atoms with Crippen molar-refractivity contribution in [3.63, 3.8) is 0 Å². The summed E-state index contributed by atoms with van der Waals surface area (Å²) in [5, 5.41) is 11.6. The van der Waals surface area contributed by atoms with Crippen LogP contribution in [0.4, 0.5) is 10.5 Å². The molecule has 0 saturated carbocycles. The van der Waals surface area contributed by atoms with E-state index in [1.54, 1.807) is 23.2 Å². The van der Waals surface area contributed by atoms with E-state index in [1.165, 1.54) is 12.1 Å². The Bertz CT molecular complexity index is 678. The first-order valence-electron chi connectivity index (χ1n) is 6.53. The zero-order valence-corrected chi connectivity index (χ0v) is 11.2. The minimum Gasteiger partial charge on any atom is -0.478 e. The highest BCUT2D eigenvalue weighted by Gasteiger charge is 2.21. The van der Waals surface area contributed by atoms with Crippen molar-refractivity contribution in [1.29, 1.82) is 0 Å². The maximum Gasteiger partial charge on any atom is 0.335 e. The highest BCUT2D eigenvalue weighted by atomic mass is 16.4. The van der Waals surface area contributed by atoms with E-state index in [0.29, 0.717) is 18.8 Å². The molecule has 1 aromatic carbocycles. The van der Waals surface area contributed by atoms with E-state index in [4.69, 9.17) is 5.11 Å². The zero-order valence-electron chi connectivity index (χ0n) is 11.2. The highest BCUT2D eigenvalue weighted by Crippen LogP contribution is 2.14. The Kier molecular flexibility index (Phi) is 3.31. The Hall–Kier alpha value is -2.83. The number of nitrogens with zero attached hydrogens (tertiary/aromatic N) is 3. The number of carbonyl (C=O) groups excluding carboxylic acids is 1. The number of rotatable bonds is 2. The van der Waals surface area contributed by atoms with Crippen LogP contribution in [-0.4, -0.2) is 38.1 Å². The molecule has 0 saturated heterocycles. The minimum absolute atomic E-state index is 0.188. The van der Waals surface area contributed by atoms with E-state index in [0.717, 1.165) is 12.4 Å². The smallest absolute Gasteiger partial charge is 0.335 e. The van der Waals surface area contributed by atoms with Crippen molar-refractivity contribution < 1.29 is 14.7 Å². The van der Waals surface area contributed by atoms with Crippen LogP contribution in [0, 0.1) is 0 Å². The molecule has 7 heteroatoms. The molecule has 108 valence electrons. The quantitative estimate of drug-likeness (QED) is 0.878. The molecule has 2 aromatic rings. The second kappa shape index (κ2) is 5.28. The number of aromatic nitrogens is 2. The Morgan fingerprint density at radius 2 is 1.95 bits per heavy atom. The number of amides is 2. The maximum absolute atomic E-state index is 12.2. The molecule has 3 rings (SSSR count). The summed E-state index contributed by atoms with van der Waals surface area (Å²) in [5.41, 5.74) is 0.756. The summed E-state index contributed by atoms with van der Waals surface area (Å²) in [6, 6.07) is 5.85. The van der Waals surface area contributed by atoms with Gasteiger partial charge in [-0.1, -0.05) is 0 Å². The first-order chi connectivity index (χ1) is 10.1. The van der Waals surface area contributed by atoms with E-state index in [2.05, 4.69) is 10.3 Å². The minimum atomic E-state index is -0.990. The fraction of sp³-hybridized carbons (Fsp3) is 0.214. The Balaban J connectivity index is 1.65. The molecule has 0 aliphatic carbocycles. The Morgan fingerprint density at radius 3 is 2.67 bits per heavy atom. The van der Waals surface area contributed by atoms with Crippen molar-refractivity contribution in [2.75, 3.05) is 11.9 Å². The van der Waals surface area contributed by atoms with Gasteiger partial charge in [0.2, 0.25) is 0 Å². The fourth-order valence-corrected chi connectivity index (χ4v) is 2.25. The number of hydrogen-bond donors (Lipinski definition) is 2. The van der Waals surface area contributed by atoms with Crippen LogP contribution in [0.1, 0.15) is 16.2 Å². The third-order valence-electron chi connectivity index (χ3n) is 3.42. The maximum atomic E-state index is 12.2. The van der Waals surface area contributed by atoms with Gasteiger partial charge >= 0.3 is 12.0 Å². The van der Waals surface area contributed by atoms with Gasteiger partial charge in [0.1, 0.15) is 5.82 Å². The van der Waals surface area contributed by atoms with Crippen molar-refractivity contribution in [1.82, 2.24) is 14.5 Å². The molecule has 2 heterocycles. The van der Waals surface area contributed by atoms with Crippen LogP contribution in [0.25, 0.3) is 0 Å². The number of fused-ring (bicyclic) bond motifs is 1. The number of carboxylic acids is 1. The molecule has 0 spiro atoms. The van der Waals surface area contributed by atoms with Crippen LogP contribution in [-0.2, 0) is 13.1 Å². The van der Waals surface area contributed by atoms with Crippen LogP contribution < -0.4 is 5.32 Å². The van der Waals surface area contributed by atoms with E-state index in [-0.39, 0.29) is 11.6 Å². The number of nitrogens with one attached hydrogen (secondary N) is 1. The summed E-state index contributed by atoms with van der Waals surface area (Å²) < 4.78 is 2.02. The van der Waals surface area contributed by atoms with Crippen molar-refractivity contribution >= 4 is 17.7 Å². The summed E-state index contributed by atoms with van der Waals surface area (Å²) in [5.74, 6) is -0.131. The Labute approximate surface area is 120 Å². The van der Waals surface area contributed by atoms with Crippen LogP contribution in [0.5, 0.6) is 0 Å². The average Bonchev–Trinajstić information content (AvgIpc) is 2.95. The fourth-order valence-electron chi connectivity index (χ4n) is 2.25. The number of urea groups is 1. The molecule has 0 unspecified atom stereocenters. The number of hydrogen-bond acceptors (Lipinski definition) is 3. The molecular weight excluding hydrogens is 272 g/mol. The molecule has 1 aliphatic rings. The summed E-state index contributed by atoms with van der Waals surface area (Å²) in [6.45, 7) is 1.80. The van der Waals surface area contributed by atoms with Gasteiger partial charge < -0.3 is 19.9 Å². The summed E-state index contributed by atoms with van der Waals surface area (Å²) >= 11 is 0. The van der Waals surface area contributed by atoms with Gasteiger partial charge in [-0.25, -0.2) is 14.6 Å². The van der Waals surface area contributed by atoms with Gasteiger partial charge in [0.15, 0.2) is 0 Å². The molecule has 21 heavy (non-hydrogen) atoms. The van der Waals surface area contributed by atoms with E-state index >= 15 is 0 Å². The van der Waals surface area contributed by atoms with Gasteiger partial charge in [0, 0.05) is 31.2 Å². The second-order valence-corrected chi connectivity index (χ2v) is 4.77. The number of carbonyl (C=O) groups is 2. The number of benzene rings is 1. The molecule has 1 aliphatic heterocycles. The van der Waals surface area contributed by atoms with Crippen LogP contribution in [0.3, 0.4) is 0 Å². The third kappa shape index (κ3) is 2.71. The molecular formula is C14H14N4O3. The predicted octanol–water partition coefficient (Wildman–Crippen LogP) is 1.63. The van der Waals surface area contributed by atoms with Gasteiger partial charge in [-0.15, -0.1) is 0 Å². The van der Waals surface area contributed by atoms with Gasteiger partial charge in [0.25, 0.3) is 0 Å². The van der Waals surface area contributed by atoms with E-state index < -0.39 is 5.97 Å². The van der Waals surface area contributed by atoms with E-state index in [9.17, 15) is 9.59 Å². The average molecular weight is 286 g/mol. The summed E-state index contributed by atoms with van der Waals surface area (Å²) in [4.78, 5) is 28.8. The molecule has 7 nitrogen and oxygen atoms in total. The van der Waals surface area contributed by atoms with Crippen LogP contribution in [0.2, 0.25) is 0 Å². The van der Waals surface area contributed by atoms with Crippen LogP contribution in [0.15, 0.2) is 36.7 Å². The Morgan fingerprint density at radius 1 is 1.19 bits per heavy atom. The van der Waals surface area contributed by atoms with E-state index in [1.807, 2.05) is 10.8 Å². The van der Waals surface area contributed by atoms with Crippen molar-refractivity contribution in [3.05, 3.63) is 48.0 Å². The lowest BCUT2D eigenvalue weighted by Gasteiger charge is -2.27. The van der Waals surface area contributed by atoms with Gasteiger partial charge in [0.05, 0.1) is 12.1 Å². The molecule has 2 amide bonds. The monoisotopic (exact) mass is 286 g/mol. The molecule has 0 radical (unpaired) electrons. The van der Waals surface area contributed by atoms with Gasteiger partial charge in [-0.05, 0) is 24.3 Å². The topological polar surface area (TPSA) is 87.5 Å². The molecule has 1 aromatic heterocycles. The summed E-state index contributed by atoms with van der Waals surface area (Å²) in [6.07, 6.45) is 3.62. The lowest BCUT2D eigenvalue weighted by atomic mass is 10.2. The first-order valence-corrected chi connectivity index (χ1v) is 6.53. The van der Waals surface area contributed by atoms with Crippen molar-refractivity contribution in [2.45, 2.75) is 13.1 Å². The third-order valence-corrected chi connectivity index (χ3v) is 3.42. The lowest BCUT2D eigenvalue weighted by Crippen LogP contribution is -2.40. The standard InChI is InChI=1S/C14H14N4O3/c19-13(20)10-1-3-11(4-2-10)16-14(21)18-8-7-17-6-5-15-12(17)9-18/h1-6H,7-9H2,(H,16,21)(H,19,20). The SMILES string of the molecule is O=C(O)c1ccc(NC(=O)N2CCn3ccnc3C2)cc1. The molecule has 2 N–H and O–H groups in total. The number of anilines is 1. The highest BCUT2D eigenvalue weighted by molar-refractivity contribution is 5.91. The van der Waals surface area contributed by atoms with Crippen molar-refractivity contribution in [3.8, 4) is 0 Å². The molecule has 0 atom stereocenters. The van der Waals surface area contributed by atoms with Crippen molar-refractivity contribution in [2.24, 2.45) is 0 Å². The molecule has 0 fully saturated rings. The van der Waals surface area contributed by atoms with Gasteiger partial charge in [-0.2, -0.15) is 0 Å². The lowest BCUT2D eigenvalue weighted by molar-refractivity contribution is 0.0697. The van der Waals surface area contributed by atoms with Crippen LogP contribution >= 0.6 is 0 Å². The number of carboxylic acid groups (broad SMARTS) is 1. The second-order valence-electron chi connectivity index (χ2n) is 4.77. The number of aromatic carboxylic acids is 1. The number of imidazole rings is 1. The summed E-state index contributed by atoms with van der Waals surface area (Å²) in [7, 11) is 0. The molecule has 0 bridgehead atoms. The largest absolute Gasteiger partial charge is 0.478 e. The zero-order chi connectivity index (χ0) is 14.8. The normalized spacial score (nSPS) is 13.6. The predicted molar refractivity (Wildman–Crippen MR) is 75.1 cm³/mol.